The number of piperidine rings is 1. The molecule has 0 bridgehead atoms. The number of aromatic nitrogens is 1. The Morgan fingerprint density at radius 1 is 1.31 bits per heavy atom. The molecule has 4 nitrogen and oxygen atoms in total. The highest BCUT2D eigenvalue weighted by Gasteiger charge is 2.30. The fourth-order valence-corrected chi connectivity index (χ4v) is 4.53. The first-order valence-corrected chi connectivity index (χ1v) is 10.7. The van der Waals surface area contributed by atoms with Crippen LogP contribution in [-0.4, -0.2) is 53.9 Å². The number of halogens is 3. The van der Waals surface area contributed by atoms with E-state index in [0.29, 0.717) is 22.8 Å². The van der Waals surface area contributed by atoms with Gasteiger partial charge < -0.3 is 9.80 Å². The number of benzene rings is 1. The molecular formula is C21H26F3N3OS. The van der Waals surface area contributed by atoms with Gasteiger partial charge in [-0.05, 0) is 56.8 Å². The lowest BCUT2D eigenvalue weighted by molar-refractivity contribution is -0.137. The number of hydrogen-bond donors (Lipinski definition) is 0. The molecule has 0 spiro atoms. The van der Waals surface area contributed by atoms with Crippen LogP contribution in [0.15, 0.2) is 29.8 Å². The van der Waals surface area contributed by atoms with E-state index in [1.807, 2.05) is 14.0 Å². The van der Waals surface area contributed by atoms with E-state index < -0.39 is 11.7 Å². The van der Waals surface area contributed by atoms with Crippen LogP contribution in [0.3, 0.4) is 0 Å². The number of hydrogen-bond acceptors (Lipinski definition) is 4. The van der Waals surface area contributed by atoms with Gasteiger partial charge in [0.2, 0.25) is 0 Å². The van der Waals surface area contributed by atoms with Crippen molar-refractivity contribution in [3.8, 4) is 0 Å². The van der Waals surface area contributed by atoms with Gasteiger partial charge in [-0.1, -0.05) is 18.2 Å². The molecule has 0 saturated carbocycles. The number of carbonyl (C=O) groups is 1. The lowest BCUT2D eigenvalue weighted by Gasteiger charge is -2.33. The maximum atomic E-state index is 12.8. The van der Waals surface area contributed by atoms with Crippen LogP contribution in [0.1, 0.15) is 39.3 Å². The molecule has 0 unspecified atom stereocenters. The van der Waals surface area contributed by atoms with Crippen LogP contribution in [0.5, 0.6) is 0 Å². The Kier molecular flexibility index (Phi) is 6.95. The summed E-state index contributed by atoms with van der Waals surface area (Å²) >= 11 is 1.37. The fraction of sp³-hybridized carbons (Fsp3) is 0.524. The third-order valence-electron chi connectivity index (χ3n) is 5.50. The van der Waals surface area contributed by atoms with Crippen molar-refractivity contribution in [3.05, 3.63) is 51.5 Å². The molecule has 1 saturated heterocycles. The van der Waals surface area contributed by atoms with Crippen molar-refractivity contribution in [3.63, 3.8) is 0 Å². The molecule has 0 aliphatic carbocycles. The van der Waals surface area contributed by atoms with E-state index in [1.165, 1.54) is 23.5 Å². The smallest absolute Gasteiger partial charge is 0.341 e. The first-order valence-electron chi connectivity index (χ1n) is 9.78. The zero-order valence-corrected chi connectivity index (χ0v) is 17.5. The molecule has 1 aliphatic rings. The van der Waals surface area contributed by atoms with Gasteiger partial charge in [-0.15, -0.1) is 11.3 Å². The summed E-state index contributed by atoms with van der Waals surface area (Å²) in [7, 11) is 1.83. The standard InChI is InChI=1S/C21H26F3N3OS/c1-15-19(29-14-25-15)20(28)26(2)13-17-7-10-27(11-8-17)9-6-16-4-3-5-18(12-16)21(22,23)24/h3-5,12,14,17H,6-11,13H2,1-2H3. The first-order chi connectivity index (χ1) is 13.7. The molecule has 8 heteroatoms. The highest BCUT2D eigenvalue weighted by molar-refractivity contribution is 7.11. The summed E-state index contributed by atoms with van der Waals surface area (Å²) in [6.45, 7) is 5.14. The van der Waals surface area contributed by atoms with Crippen LogP contribution in [0, 0.1) is 12.8 Å². The molecule has 0 radical (unpaired) electrons. The molecule has 158 valence electrons. The monoisotopic (exact) mass is 425 g/mol. The fourth-order valence-electron chi connectivity index (χ4n) is 3.73. The minimum Gasteiger partial charge on any atom is -0.341 e. The van der Waals surface area contributed by atoms with Gasteiger partial charge in [-0.3, -0.25) is 4.79 Å². The van der Waals surface area contributed by atoms with Crippen LogP contribution in [0.4, 0.5) is 13.2 Å². The predicted molar refractivity (Wildman–Crippen MR) is 108 cm³/mol. The molecule has 2 aromatic rings. The van der Waals surface area contributed by atoms with Crippen molar-refractivity contribution in [2.75, 3.05) is 33.2 Å². The van der Waals surface area contributed by atoms with Crippen LogP contribution in [0.25, 0.3) is 0 Å². The molecule has 3 rings (SSSR count). The van der Waals surface area contributed by atoms with Crippen LogP contribution < -0.4 is 0 Å². The molecule has 1 fully saturated rings. The molecule has 1 aromatic heterocycles. The van der Waals surface area contributed by atoms with E-state index in [-0.39, 0.29) is 5.91 Å². The number of nitrogens with zero attached hydrogens (tertiary/aromatic N) is 3. The second-order valence-corrected chi connectivity index (χ2v) is 8.54. The van der Waals surface area contributed by atoms with Crippen molar-refractivity contribution < 1.29 is 18.0 Å². The van der Waals surface area contributed by atoms with Crippen molar-refractivity contribution >= 4 is 17.2 Å². The van der Waals surface area contributed by atoms with Gasteiger partial charge in [0, 0.05) is 20.1 Å². The highest BCUT2D eigenvalue weighted by Crippen LogP contribution is 2.29. The number of thiazole rings is 1. The molecule has 0 N–H and O–H groups in total. The van der Waals surface area contributed by atoms with E-state index in [2.05, 4.69) is 9.88 Å². The average Bonchev–Trinajstić information content (AvgIpc) is 3.12. The summed E-state index contributed by atoms with van der Waals surface area (Å²) in [4.78, 5) is 21.4. The minimum absolute atomic E-state index is 0.0250. The number of likely N-dealkylation sites (tertiary alicyclic amines) is 1. The molecule has 2 heterocycles. The van der Waals surface area contributed by atoms with Crippen LogP contribution >= 0.6 is 11.3 Å². The minimum atomic E-state index is -4.30. The Morgan fingerprint density at radius 3 is 2.66 bits per heavy atom. The van der Waals surface area contributed by atoms with Gasteiger partial charge >= 0.3 is 6.18 Å². The molecule has 1 aliphatic heterocycles. The summed E-state index contributed by atoms with van der Waals surface area (Å²) in [5, 5.41) is 0. The molecule has 0 atom stereocenters. The SMILES string of the molecule is Cc1ncsc1C(=O)N(C)CC1CCN(CCc2cccc(C(F)(F)F)c2)CC1. The number of carbonyl (C=O) groups excluding carboxylic acids is 1. The number of rotatable bonds is 6. The summed E-state index contributed by atoms with van der Waals surface area (Å²) in [6.07, 6.45) is -1.71. The number of amides is 1. The zero-order valence-electron chi connectivity index (χ0n) is 16.7. The molecule has 1 amide bonds. The predicted octanol–water partition coefficient (Wildman–Crippen LogP) is 4.50. The Hall–Kier alpha value is -1.93. The lowest BCUT2D eigenvalue weighted by Crippen LogP contribution is -2.40. The lowest BCUT2D eigenvalue weighted by atomic mass is 9.95. The van der Waals surface area contributed by atoms with Crippen LogP contribution in [0.2, 0.25) is 0 Å². The molecule has 1 aromatic carbocycles. The topological polar surface area (TPSA) is 36.4 Å². The van der Waals surface area contributed by atoms with E-state index in [0.717, 1.165) is 50.8 Å². The van der Waals surface area contributed by atoms with E-state index in [9.17, 15) is 18.0 Å². The summed E-state index contributed by atoms with van der Waals surface area (Å²) < 4.78 is 38.5. The second kappa shape index (κ2) is 9.26. The third kappa shape index (κ3) is 5.79. The van der Waals surface area contributed by atoms with Crippen molar-refractivity contribution in [2.45, 2.75) is 32.4 Å². The van der Waals surface area contributed by atoms with E-state index >= 15 is 0 Å². The second-order valence-electron chi connectivity index (χ2n) is 7.69. The maximum Gasteiger partial charge on any atom is 0.416 e. The normalized spacial score (nSPS) is 16.2. The highest BCUT2D eigenvalue weighted by atomic mass is 32.1. The van der Waals surface area contributed by atoms with Gasteiger partial charge in [0.1, 0.15) is 4.88 Å². The summed E-state index contributed by atoms with van der Waals surface area (Å²) in [5.74, 6) is 0.471. The van der Waals surface area contributed by atoms with Gasteiger partial charge in [0.25, 0.3) is 5.91 Å². The van der Waals surface area contributed by atoms with Crippen LogP contribution in [-0.2, 0) is 12.6 Å². The molecular weight excluding hydrogens is 399 g/mol. The Bertz CT molecular complexity index is 829. The quantitative estimate of drug-likeness (QED) is 0.684. The van der Waals surface area contributed by atoms with Crippen molar-refractivity contribution in [1.82, 2.24) is 14.8 Å². The zero-order chi connectivity index (χ0) is 21.0. The van der Waals surface area contributed by atoms with Gasteiger partial charge in [-0.2, -0.15) is 13.2 Å². The van der Waals surface area contributed by atoms with Crippen molar-refractivity contribution in [1.29, 1.82) is 0 Å². The Labute approximate surface area is 173 Å². The Balaban J connectivity index is 1.44. The van der Waals surface area contributed by atoms with Gasteiger partial charge in [0.05, 0.1) is 16.8 Å². The number of alkyl halides is 3. The number of aryl methyl sites for hydroxylation is 1. The van der Waals surface area contributed by atoms with Gasteiger partial charge in [0.15, 0.2) is 0 Å². The largest absolute Gasteiger partial charge is 0.416 e. The van der Waals surface area contributed by atoms with Crippen molar-refractivity contribution in [2.24, 2.45) is 5.92 Å². The summed E-state index contributed by atoms with van der Waals surface area (Å²) in [6, 6.07) is 5.58. The van der Waals surface area contributed by atoms with Gasteiger partial charge in [-0.25, -0.2) is 4.98 Å². The third-order valence-corrected chi connectivity index (χ3v) is 6.41. The molecule has 29 heavy (non-hydrogen) atoms. The Morgan fingerprint density at radius 2 is 2.03 bits per heavy atom. The first kappa shape index (κ1) is 21.8. The maximum absolute atomic E-state index is 12.8. The van der Waals surface area contributed by atoms with E-state index in [1.54, 1.807) is 16.5 Å². The summed E-state index contributed by atoms with van der Waals surface area (Å²) in [5.41, 5.74) is 2.60. The van der Waals surface area contributed by atoms with E-state index in [4.69, 9.17) is 0 Å². The average molecular weight is 426 g/mol.